The minimum atomic E-state index is -0.495. The summed E-state index contributed by atoms with van der Waals surface area (Å²) in [6.45, 7) is 12.0. The molecule has 38 heavy (non-hydrogen) atoms. The van der Waals surface area contributed by atoms with Crippen molar-refractivity contribution in [1.29, 1.82) is 0 Å². The van der Waals surface area contributed by atoms with Crippen molar-refractivity contribution in [2.24, 2.45) is 0 Å². The van der Waals surface area contributed by atoms with Gasteiger partial charge in [-0.05, 0) is 56.7 Å². The van der Waals surface area contributed by atoms with E-state index in [1.54, 1.807) is 16.2 Å². The molecule has 9 heteroatoms. The highest BCUT2D eigenvalue weighted by Crippen LogP contribution is 2.37. The minimum Gasteiger partial charge on any atom is -0.444 e. The minimum absolute atomic E-state index is 0.269. The van der Waals surface area contributed by atoms with Gasteiger partial charge in [0.2, 0.25) is 0 Å². The normalized spacial score (nSPS) is 16.3. The number of aryl methyl sites for hydroxylation is 1. The van der Waals surface area contributed by atoms with Gasteiger partial charge in [0.05, 0.1) is 29.9 Å². The molecule has 0 atom stereocenters. The predicted molar refractivity (Wildman–Crippen MR) is 152 cm³/mol. The summed E-state index contributed by atoms with van der Waals surface area (Å²) in [5, 5.41) is 2.30. The molecule has 3 aromatic heterocycles. The third-order valence-corrected chi connectivity index (χ3v) is 7.84. The van der Waals surface area contributed by atoms with Crippen LogP contribution >= 0.6 is 11.3 Å². The first-order chi connectivity index (χ1) is 18.3. The molecular formula is C29H33N5O3S. The molecule has 0 N–H and O–H groups in total. The number of hydrogen-bond donors (Lipinski definition) is 0. The number of fused-ring (bicyclic) bond motifs is 2. The Labute approximate surface area is 226 Å². The number of ether oxygens (including phenoxy) is 2. The van der Waals surface area contributed by atoms with E-state index >= 15 is 0 Å². The largest absolute Gasteiger partial charge is 0.444 e. The van der Waals surface area contributed by atoms with E-state index in [1.165, 1.54) is 10.3 Å². The van der Waals surface area contributed by atoms with Crippen molar-refractivity contribution in [2.45, 2.75) is 39.7 Å². The first kappa shape index (κ1) is 24.9. The summed E-state index contributed by atoms with van der Waals surface area (Å²) >= 11 is 1.77. The van der Waals surface area contributed by atoms with Crippen LogP contribution in [0.1, 0.15) is 39.2 Å². The second kappa shape index (κ2) is 9.71. The van der Waals surface area contributed by atoms with Crippen LogP contribution in [-0.4, -0.2) is 70.5 Å². The molecule has 0 unspecified atom stereocenters. The van der Waals surface area contributed by atoms with Crippen LogP contribution in [0.2, 0.25) is 0 Å². The van der Waals surface area contributed by atoms with Gasteiger partial charge in [0.25, 0.3) is 0 Å². The van der Waals surface area contributed by atoms with E-state index in [4.69, 9.17) is 19.4 Å². The van der Waals surface area contributed by atoms with Gasteiger partial charge in [0, 0.05) is 42.7 Å². The molecule has 6 rings (SSSR count). The zero-order valence-corrected chi connectivity index (χ0v) is 23.2. The van der Waals surface area contributed by atoms with Gasteiger partial charge in [-0.25, -0.2) is 14.8 Å². The molecule has 5 heterocycles. The lowest BCUT2D eigenvalue weighted by Gasteiger charge is -2.35. The van der Waals surface area contributed by atoms with Crippen molar-refractivity contribution >= 4 is 50.4 Å². The van der Waals surface area contributed by atoms with Gasteiger partial charge in [0.1, 0.15) is 22.2 Å². The van der Waals surface area contributed by atoms with Crippen LogP contribution in [0.4, 0.5) is 10.6 Å². The lowest BCUT2D eigenvalue weighted by atomic mass is 10.1. The Balaban J connectivity index is 1.38. The fourth-order valence-corrected chi connectivity index (χ4v) is 6.12. The van der Waals surface area contributed by atoms with Gasteiger partial charge in [-0.1, -0.05) is 19.1 Å². The number of benzene rings is 1. The Hall–Kier alpha value is -3.43. The number of morpholine rings is 1. The summed E-state index contributed by atoms with van der Waals surface area (Å²) < 4.78 is 14.6. The van der Waals surface area contributed by atoms with Crippen molar-refractivity contribution < 1.29 is 14.3 Å². The highest BCUT2D eigenvalue weighted by molar-refractivity contribution is 7.21. The lowest BCUT2D eigenvalue weighted by molar-refractivity contribution is 0.0216. The molecule has 0 saturated carbocycles. The number of imidazole rings is 1. The Bertz CT molecular complexity index is 1530. The van der Waals surface area contributed by atoms with Gasteiger partial charge in [-0.3, -0.25) is 4.57 Å². The molecule has 1 aromatic carbocycles. The maximum Gasteiger partial charge on any atom is 0.410 e. The monoisotopic (exact) mass is 531 g/mol. The molecule has 0 radical (unpaired) electrons. The Morgan fingerprint density at radius 3 is 2.63 bits per heavy atom. The third-order valence-electron chi connectivity index (χ3n) is 6.77. The number of anilines is 1. The number of hydrogen-bond acceptors (Lipinski definition) is 7. The molecule has 0 aliphatic carbocycles. The van der Waals surface area contributed by atoms with E-state index in [9.17, 15) is 4.79 Å². The van der Waals surface area contributed by atoms with E-state index in [1.807, 2.05) is 26.8 Å². The number of likely N-dealkylation sites (tertiary alicyclic amines) is 1. The number of amides is 1. The highest BCUT2D eigenvalue weighted by atomic mass is 32.1. The number of carbonyl (C=O) groups excluding carboxylic acids is 1. The zero-order chi connectivity index (χ0) is 26.4. The van der Waals surface area contributed by atoms with Gasteiger partial charge >= 0.3 is 6.09 Å². The topological polar surface area (TPSA) is 72.7 Å². The molecule has 2 fully saturated rings. The van der Waals surface area contributed by atoms with Gasteiger partial charge in [-0.15, -0.1) is 11.3 Å². The van der Waals surface area contributed by atoms with E-state index < -0.39 is 5.60 Å². The molecule has 2 aliphatic rings. The van der Waals surface area contributed by atoms with Gasteiger partial charge < -0.3 is 19.3 Å². The second-order valence-corrected chi connectivity index (χ2v) is 11.9. The number of nitrogens with zero attached hydrogens (tertiary/aromatic N) is 5. The van der Waals surface area contributed by atoms with Crippen LogP contribution in [0.25, 0.3) is 32.2 Å². The number of rotatable bonds is 4. The molecule has 1 amide bonds. The van der Waals surface area contributed by atoms with Crippen LogP contribution in [-0.2, 0) is 15.9 Å². The van der Waals surface area contributed by atoms with E-state index in [-0.39, 0.29) is 6.09 Å². The van der Waals surface area contributed by atoms with Crippen LogP contribution < -0.4 is 4.90 Å². The van der Waals surface area contributed by atoms with E-state index in [0.717, 1.165) is 58.3 Å². The van der Waals surface area contributed by atoms with Crippen molar-refractivity contribution in [3.05, 3.63) is 53.5 Å². The summed E-state index contributed by atoms with van der Waals surface area (Å²) in [5.41, 5.74) is 3.72. The number of pyridine rings is 1. The Kier molecular flexibility index (Phi) is 6.36. The highest BCUT2D eigenvalue weighted by Gasteiger charge is 2.30. The summed E-state index contributed by atoms with van der Waals surface area (Å²) in [6.07, 6.45) is 2.70. The van der Waals surface area contributed by atoms with Crippen LogP contribution in [0.5, 0.6) is 0 Å². The molecule has 0 spiro atoms. The molecule has 2 saturated heterocycles. The van der Waals surface area contributed by atoms with Crippen LogP contribution in [0.15, 0.2) is 42.0 Å². The second-order valence-electron chi connectivity index (χ2n) is 10.8. The Morgan fingerprint density at radius 2 is 1.89 bits per heavy atom. The SMILES string of the molecule is CCc1nc2ccccc2n1-c1cc2c(N3CCOCC3)nc(C=C3CN(C(=O)OC(C)(C)C)C3)cc2s1. The van der Waals surface area contributed by atoms with Gasteiger partial charge in [-0.2, -0.15) is 0 Å². The fraction of sp³-hybridized carbons (Fsp3) is 0.414. The molecule has 198 valence electrons. The number of thiophene rings is 1. The summed E-state index contributed by atoms with van der Waals surface area (Å²) in [6, 6.07) is 12.7. The molecule has 4 aromatic rings. The van der Waals surface area contributed by atoms with E-state index in [0.29, 0.717) is 26.3 Å². The van der Waals surface area contributed by atoms with Gasteiger partial charge in [0.15, 0.2) is 0 Å². The smallest absolute Gasteiger partial charge is 0.410 e. The van der Waals surface area contributed by atoms with Crippen LogP contribution in [0.3, 0.4) is 0 Å². The summed E-state index contributed by atoms with van der Waals surface area (Å²) in [5.74, 6) is 2.05. The molecule has 0 bridgehead atoms. The Morgan fingerprint density at radius 1 is 1.13 bits per heavy atom. The van der Waals surface area contributed by atoms with Crippen molar-refractivity contribution in [1.82, 2.24) is 19.4 Å². The standard InChI is InChI=1S/C29H33N5O3S/c1-5-25-31-22-8-6-7-9-23(22)34(25)26-16-21-24(38-26)15-20(30-27(21)32-10-12-36-13-11-32)14-19-17-33(18-19)28(35)37-29(2,3)4/h6-9,14-16H,5,10-13,17-18H2,1-4H3. The van der Waals surface area contributed by atoms with Crippen molar-refractivity contribution in [3.63, 3.8) is 0 Å². The number of para-hydroxylation sites is 2. The van der Waals surface area contributed by atoms with Crippen molar-refractivity contribution in [3.8, 4) is 5.00 Å². The maximum absolute atomic E-state index is 12.4. The lowest BCUT2D eigenvalue weighted by Crippen LogP contribution is -2.46. The predicted octanol–water partition coefficient (Wildman–Crippen LogP) is 5.67. The average Bonchev–Trinajstić information content (AvgIpc) is 3.45. The van der Waals surface area contributed by atoms with E-state index in [2.05, 4.69) is 52.8 Å². The van der Waals surface area contributed by atoms with Crippen LogP contribution in [0, 0.1) is 0 Å². The maximum atomic E-state index is 12.4. The first-order valence-electron chi connectivity index (χ1n) is 13.2. The number of aromatic nitrogens is 3. The summed E-state index contributed by atoms with van der Waals surface area (Å²) in [7, 11) is 0. The average molecular weight is 532 g/mol. The van der Waals surface area contributed by atoms with Crippen molar-refractivity contribution in [2.75, 3.05) is 44.3 Å². The molecule has 8 nitrogen and oxygen atoms in total. The first-order valence-corrected chi connectivity index (χ1v) is 14.0. The zero-order valence-electron chi connectivity index (χ0n) is 22.4. The molecular weight excluding hydrogens is 498 g/mol. The number of carbonyl (C=O) groups is 1. The summed E-state index contributed by atoms with van der Waals surface area (Å²) in [4.78, 5) is 26.4. The fourth-order valence-electron chi connectivity index (χ4n) is 4.98. The quantitative estimate of drug-likeness (QED) is 0.338. The third kappa shape index (κ3) is 4.76. The molecule has 2 aliphatic heterocycles.